The van der Waals surface area contributed by atoms with Crippen molar-refractivity contribution in [3.05, 3.63) is 33.8 Å². The van der Waals surface area contributed by atoms with Crippen LogP contribution in [0.2, 0.25) is 0 Å². The summed E-state index contributed by atoms with van der Waals surface area (Å²) in [5.74, 6) is -0.723. The fourth-order valence-corrected chi connectivity index (χ4v) is 2.36. The van der Waals surface area contributed by atoms with E-state index >= 15 is 0 Å². The minimum atomic E-state index is -0.723. The van der Waals surface area contributed by atoms with Crippen LogP contribution in [0.1, 0.15) is 24.0 Å². The molecule has 0 saturated heterocycles. The lowest BCUT2D eigenvalue weighted by Gasteiger charge is -2.12. The van der Waals surface area contributed by atoms with E-state index < -0.39 is 11.4 Å². The fraction of sp³-hybridized carbons (Fsp3) is 0.417. The number of ether oxygens (including phenoxy) is 1. The number of hydrogen-bond acceptors (Lipinski definition) is 2. The first kappa shape index (κ1) is 11.6. The molecule has 0 unspecified atom stereocenters. The van der Waals surface area contributed by atoms with Crippen LogP contribution in [-0.2, 0) is 21.6 Å². The molecule has 0 aliphatic heterocycles. The van der Waals surface area contributed by atoms with E-state index in [2.05, 4.69) is 15.9 Å². The largest absolute Gasteiger partial charge is 0.481 e. The second kappa shape index (κ2) is 4.18. The van der Waals surface area contributed by atoms with Gasteiger partial charge in [-0.25, -0.2) is 0 Å². The van der Waals surface area contributed by atoms with Gasteiger partial charge in [0.1, 0.15) is 0 Å². The van der Waals surface area contributed by atoms with Gasteiger partial charge in [-0.3, -0.25) is 4.79 Å². The van der Waals surface area contributed by atoms with E-state index in [0.29, 0.717) is 6.61 Å². The highest BCUT2D eigenvalue weighted by Crippen LogP contribution is 2.49. The van der Waals surface area contributed by atoms with E-state index in [9.17, 15) is 9.90 Å². The lowest BCUT2D eigenvalue weighted by atomic mass is 9.95. The molecule has 0 spiro atoms. The van der Waals surface area contributed by atoms with Gasteiger partial charge in [-0.1, -0.05) is 28.1 Å². The van der Waals surface area contributed by atoms with Crippen LogP contribution >= 0.6 is 15.9 Å². The minimum Gasteiger partial charge on any atom is -0.481 e. The molecule has 0 radical (unpaired) electrons. The molecule has 1 fully saturated rings. The first-order valence-corrected chi connectivity index (χ1v) is 5.91. The third-order valence-electron chi connectivity index (χ3n) is 3.06. The molecule has 1 aromatic rings. The molecule has 1 N–H and O–H groups in total. The zero-order valence-corrected chi connectivity index (χ0v) is 10.6. The average molecular weight is 285 g/mol. The zero-order valence-electron chi connectivity index (χ0n) is 9.00. The van der Waals surface area contributed by atoms with Crippen molar-refractivity contribution < 1.29 is 14.6 Å². The Kier molecular flexibility index (Phi) is 3.04. The molecule has 2 rings (SSSR count). The van der Waals surface area contributed by atoms with Gasteiger partial charge >= 0.3 is 5.97 Å². The number of methoxy groups -OCH3 is 1. The Hall–Kier alpha value is -0.870. The highest BCUT2D eigenvalue weighted by atomic mass is 79.9. The Labute approximate surface area is 103 Å². The summed E-state index contributed by atoms with van der Waals surface area (Å²) in [6, 6.07) is 5.71. The maximum Gasteiger partial charge on any atom is 0.314 e. The summed E-state index contributed by atoms with van der Waals surface area (Å²) in [5, 5.41) is 9.18. The second-order valence-electron chi connectivity index (χ2n) is 4.13. The molecule has 1 aliphatic carbocycles. The molecule has 0 atom stereocenters. The lowest BCUT2D eigenvalue weighted by Crippen LogP contribution is -2.19. The van der Waals surface area contributed by atoms with Crippen molar-refractivity contribution in [3.8, 4) is 0 Å². The molecule has 1 saturated carbocycles. The third-order valence-corrected chi connectivity index (χ3v) is 3.80. The predicted molar refractivity (Wildman–Crippen MR) is 63.4 cm³/mol. The van der Waals surface area contributed by atoms with E-state index in [1.807, 2.05) is 18.2 Å². The number of aliphatic carboxylic acids is 1. The molecule has 0 aromatic heterocycles. The predicted octanol–water partition coefficient (Wildman–Crippen LogP) is 2.71. The van der Waals surface area contributed by atoms with Gasteiger partial charge in [0.25, 0.3) is 0 Å². The topological polar surface area (TPSA) is 46.5 Å². The van der Waals surface area contributed by atoms with Crippen molar-refractivity contribution in [2.75, 3.05) is 7.11 Å². The number of carboxylic acid groups (broad SMARTS) is 1. The van der Waals surface area contributed by atoms with Gasteiger partial charge in [-0.05, 0) is 30.0 Å². The quantitative estimate of drug-likeness (QED) is 0.925. The monoisotopic (exact) mass is 284 g/mol. The highest BCUT2D eigenvalue weighted by Gasteiger charge is 2.51. The number of hydrogen-bond donors (Lipinski definition) is 1. The molecule has 3 nitrogen and oxygen atoms in total. The Balaban J connectivity index is 2.31. The van der Waals surface area contributed by atoms with Crippen LogP contribution in [0.15, 0.2) is 22.7 Å². The second-order valence-corrected chi connectivity index (χ2v) is 4.98. The van der Waals surface area contributed by atoms with Crippen LogP contribution in [0, 0.1) is 0 Å². The number of halogens is 1. The summed E-state index contributed by atoms with van der Waals surface area (Å²) >= 11 is 3.44. The van der Waals surface area contributed by atoms with Crippen molar-refractivity contribution in [1.82, 2.24) is 0 Å². The van der Waals surface area contributed by atoms with E-state index in [-0.39, 0.29) is 0 Å². The smallest absolute Gasteiger partial charge is 0.314 e. The molecule has 1 aliphatic rings. The normalized spacial score (nSPS) is 17.1. The molecule has 0 amide bonds. The molecule has 4 heteroatoms. The molecular weight excluding hydrogens is 272 g/mol. The summed E-state index contributed by atoms with van der Waals surface area (Å²) < 4.78 is 5.97. The molecule has 16 heavy (non-hydrogen) atoms. The number of carbonyl (C=O) groups is 1. The van der Waals surface area contributed by atoms with Gasteiger partial charge in [0.15, 0.2) is 0 Å². The van der Waals surface area contributed by atoms with Gasteiger partial charge in [-0.2, -0.15) is 0 Å². The van der Waals surface area contributed by atoms with Gasteiger partial charge in [0.2, 0.25) is 0 Å². The molecule has 86 valence electrons. The number of benzene rings is 1. The van der Waals surface area contributed by atoms with Crippen LogP contribution < -0.4 is 0 Å². The van der Waals surface area contributed by atoms with Crippen LogP contribution in [0.25, 0.3) is 0 Å². The van der Waals surface area contributed by atoms with Crippen LogP contribution in [-0.4, -0.2) is 18.2 Å². The van der Waals surface area contributed by atoms with Crippen molar-refractivity contribution in [2.24, 2.45) is 0 Å². The van der Waals surface area contributed by atoms with E-state index in [1.165, 1.54) is 0 Å². The number of rotatable bonds is 4. The molecule has 1 aromatic carbocycles. The summed E-state index contributed by atoms with van der Waals surface area (Å²) in [5.41, 5.74) is 1.29. The van der Waals surface area contributed by atoms with E-state index in [0.717, 1.165) is 28.4 Å². The Bertz CT molecular complexity index is 424. The lowest BCUT2D eigenvalue weighted by molar-refractivity contribution is -0.140. The minimum absolute atomic E-state index is 0.529. The van der Waals surface area contributed by atoms with Crippen LogP contribution in [0.5, 0.6) is 0 Å². The summed E-state index contributed by atoms with van der Waals surface area (Å²) in [4.78, 5) is 11.2. The third kappa shape index (κ3) is 1.87. The first-order valence-electron chi connectivity index (χ1n) is 5.11. The van der Waals surface area contributed by atoms with Crippen LogP contribution in [0.4, 0.5) is 0 Å². The SMILES string of the molecule is COCc1ccc(C2(C(=O)O)CC2)cc1Br. The van der Waals surface area contributed by atoms with Crippen molar-refractivity contribution in [1.29, 1.82) is 0 Å². The van der Waals surface area contributed by atoms with Gasteiger partial charge in [0, 0.05) is 11.6 Å². The maximum atomic E-state index is 11.2. The maximum absolute atomic E-state index is 11.2. The Morgan fingerprint density at radius 2 is 2.25 bits per heavy atom. The van der Waals surface area contributed by atoms with Gasteiger partial charge in [0.05, 0.1) is 12.0 Å². The summed E-state index contributed by atoms with van der Waals surface area (Å²) in [6.07, 6.45) is 1.47. The molecular formula is C12H13BrO3. The van der Waals surface area contributed by atoms with Gasteiger partial charge < -0.3 is 9.84 Å². The zero-order chi connectivity index (χ0) is 11.8. The Morgan fingerprint density at radius 1 is 1.56 bits per heavy atom. The van der Waals surface area contributed by atoms with E-state index in [4.69, 9.17) is 4.74 Å². The average Bonchev–Trinajstić information content (AvgIpc) is 3.02. The summed E-state index contributed by atoms with van der Waals surface area (Å²) in [6.45, 7) is 0.529. The van der Waals surface area contributed by atoms with Crippen molar-refractivity contribution >= 4 is 21.9 Å². The number of carboxylic acids is 1. The van der Waals surface area contributed by atoms with Crippen molar-refractivity contribution in [2.45, 2.75) is 24.9 Å². The highest BCUT2D eigenvalue weighted by molar-refractivity contribution is 9.10. The Morgan fingerprint density at radius 3 is 2.69 bits per heavy atom. The summed E-state index contributed by atoms with van der Waals surface area (Å²) in [7, 11) is 1.64. The first-order chi connectivity index (χ1) is 7.60. The molecule has 0 bridgehead atoms. The van der Waals surface area contributed by atoms with E-state index in [1.54, 1.807) is 7.11 Å². The fourth-order valence-electron chi connectivity index (χ4n) is 1.87. The van der Waals surface area contributed by atoms with Gasteiger partial charge in [-0.15, -0.1) is 0 Å². The van der Waals surface area contributed by atoms with Crippen LogP contribution in [0.3, 0.4) is 0 Å². The molecule has 0 heterocycles. The standard InChI is InChI=1S/C12H13BrO3/c1-16-7-8-2-3-9(6-10(8)13)12(4-5-12)11(14)15/h2-3,6H,4-5,7H2,1H3,(H,14,15). The van der Waals surface area contributed by atoms with Crippen molar-refractivity contribution in [3.63, 3.8) is 0 Å².